The van der Waals surface area contributed by atoms with Crippen molar-refractivity contribution in [1.29, 1.82) is 0 Å². The molecule has 0 N–H and O–H groups in total. The first-order chi connectivity index (χ1) is 10.6. The van der Waals surface area contributed by atoms with E-state index in [0.29, 0.717) is 24.2 Å². The molecule has 1 aliphatic heterocycles. The molecule has 0 radical (unpaired) electrons. The standard InChI is InChI=1S/C20H39NO2/c1-19(2,3)16-17-9-11-21(12-10-17)13-15-23-14-7-8-18(22)20(4,5)6/h17H,7-16H2,1-6H3. The highest BCUT2D eigenvalue weighted by Gasteiger charge is 2.23. The number of hydrogen-bond donors (Lipinski definition) is 0. The van der Waals surface area contributed by atoms with Crippen LogP contribution in [0.15, 0.2) is 0 Å². The van der Waals surface area contributed by atoms with Crippen molar-refractivity contribution < 1.29 is 9.53 Å². The largest absolute Gasteiger partial charge is 0.380 e. The molecular formula is C20H39NO2. The molecule has 1 aliphatic rings. The van der Waals surface area contributed by atoms with Gasteiger partial charge in [0.05, 0.1) is 6.61 Å². The summed E-state index contributed by atoms with van der Waals surface area (Å²) in [7, 11) is 0. The van der Waals surface area contributed by atoms with Crippen molar-refractivity contribution in [3.63, 3.8) is 0 Å². The van der Waals surface area contributed by atoms with Gasteiger partial charge < -0.3 is 9.64 Å². The predicted octanol–water partition coefficient (Wildman–Crippen LogP) is 4.55. The number of carbonyl (C=O) groups is 1. The number of hydrogen-bond acceptors (Lipinski definition) is 3. The zero-order valence-corrected chi connectivity index (χ0v) is 16.4. The molecule has 1 rings (SSSR count). The zero-order chi connectivity index (χ0) is 17.5. The SMILES string of the molecule is CC(C)(C)CC1CCN(CCOCCCC(=O)C(C)(C)C)CC1. The lowest BCUT2D eigenvalue weighted by Crippen LogP contribution is -2.37. The molecule has 0 aromatic rings. The number of likely N-dealkylation sites (tertiary alicyclic amines) is 1. The molecule has 1 heterocycles. The van der Waals surface area contributed by atoms with Gasteiger partial charge in [-0.15, -0.1) is 0 Å². The van der Waals surface area contributed by atoms with E-state index >= 15 is 0 Å². The van der Waals surface area contributed by atoms with Crippen molar-refractivity contribution in [1.82, 2.24) is 4.90 Å². The van der Waals surface area contributed by atoms with Crippen LogP contribution in [0.25, 0.3) is 0 Å². The fourth-order valence-electron chi connectivity index (χ4n) is 3.29. The van der Waals surface area contributed by atoms with Gasteiger partial charge in [0.25, 0.3) is 0 Å². The fourth-order valence-corrected chi connectivity index (χ4v) is 3.29. The number of ether oxygens (including phenoxy) is 1. The van der Waals surface area contributed by atoms with Gasteiger partial charge >= 0.3 is 0 Å². The summed E-state index contributed by atoms with van der Waals surface area (Å²) in [6, 6.07) is 0. The van der Waals surface area contributed by atoms with E-state index in [-0.39, 0.29) is 5.41 Å². The van der Waals surface area contributed by atoms with Crippen LogP contribution in [0, 0.1) is 16.7 Å². The Morgan fingerprint density at radius 2 is 1.65 bits per heavy atom. The van der Waals surface area contributed by atoms with Gasteiger partial charge in [-0.3, -0.25) is 4.79 Å². The third kappa shape index (κ3) is 9.46. The van der Waals surface area contributed by atoms with E-state index in [1.54, 1.807) is 0 Å². The third-order valence-corrected chi connectivity index (χ3v) is 4.69. The molecule has 0 aliphatic carbocycles. The molecule has 0 aromatic heterocycles. The predicted molar refractivity (Wildman–Crippen MR) is 97.8 cm³/mol. The Bertz CT molecular complexity index is 344. The lowest BCUT2D eigenvalue weighted by Gasteiger charge is -2.34. The van der Waals surface area contributed by atoms with Crippen molar-refractivity contribution in [2.75, 3.05) is 32.8 Å². The molecule has 0 spiro atoms. The normalized spacial score (nSPS) is 18.3. The maximum atomic E-state index is 11.8. The van der Waals surface area contributed by atoms with Gasteiger partial charge in [-0.25, -0.2) is 0 Å². The molecule has 1 saturated heterocycles. The van der Waals surface area contributed by atoms with Crippen LogP contribution in [-0.2, 0) is 9.53 Å². The minimum Gasteiger partial charge on any atom is -0.380 e. The first-order valence-corrected chi connectivity index (χ1v) is 9.41. The van der Waals surface area contributed by atoms with Crippen LogP contribution in [0.3, 0.4) is 0 Å². The molecule has 0 saturated carbocycles. The summed E-state index contributed by atoms with van der Waals surface area (Å²) in [6.45, 7) is 18.0. The molecule has 23 heavy (non-hydrogen) atoms. The van der Waals surface area contributed by atoms with Gasteiger partial charge in [-0.05, 0) is 50.1 Å². The van der Waals surface area contributed by atoms with Crippen LogP contribution in [0.1, 0.15) is 73.6 Å². The Kier molecular flexibility index (Phi) is 8.23. The molecule has 3 nitrogen and oxygen atoms in total. The van der Waals surface area contributed by atoms with Gasteiger partial charge in [0.1, 0.15) is 5.78 Å². The summed E-state index contributed by atoms with van der Waals surface area (Å²) in [5.74, 6) is 1.23. The lowest BCUT2D eigenvalue weighted by molar-refractivity contribution is -0.126. The summed E-state index contributed by atoms with van der Waals surface area (Å²) < 4.78 is 5.71. The van der Waals surface area contributed by atoms with Crippen LogP contribution < -0.4 is 0 Å². The lowest BCUT2D eigenvalue weighted by atomic mass is 9.80. The molecule has 0 aromatic carbocycles. The highest BCUT2D eigenvalue weighted by Crippen LogP contribution is 2.30. The average Bonchev–Trinajstić information content (AvgIpc) is 2.41. The smallest absolute Gasteiger partial charge is 0.138 e. The summed E-state index contributed by atoms with van der Waals surface area (Å²) in [5, 5.41) is 0. The minimum atomic E-state index is -0.211. The number of nitrogens with zero attached hydrogens (tertiary/aromatic N) is 1. The van der Waals surface area contributed by atoms with Gasteiger partial charge in [0.2, 0.25) is 0 Å². The number of piperidine rings is 1. The third-order valence-electron chi connectivity index (χ3n) is 4.69. The van der Waals surface area contributed by atoms with Crippen molar-refractivity contribution >= 4 is 5.78 Å². The molecular weight excluding hydrogens is 286 g/mol. The Balaban J connectivity index is 2.03. The molecule has 0 unspecified atom stereocenters. The minimum absolute atomic E-state index is 0.211. The monoisotopic (exact) mass is 325 g/mol. The maximum absolute atomic E-state index is 11.8. The van der Waals surface area contributed by atoms with Gasteiger partial charge in [-0.2, -0.15) is 0 Å². The van der Waals surface area contributed by atoms with E-state index in [2.05, 4.69) is 25.7 Å². The summed E-state index contributed by atoms with van der Waals surface area (Å²) >= 11 is 0. The first-order valence-electron chi connectivity index (χ1n) is 9.41. The quantitative estimate of drug-likeness (QED) is 0.613. The molecule has 0 amide bonds. The van der Waals surface area contributed by atoms with Crippen molar-refractivity contribution in [3.8, 4) is 0 Å². The number of rotatable bonds is 8. The van der Waals surface area contributed by atoms with Crippen LogP contribution in [-0.4, -0.2) is 43.5 Å². The molecule has 0 atom stereocenters. The molecule has 136 valence electrons. The van der Waals surface area contributed by atoms with E-state index in [4.69, 9.17) is 4.74 Å². The van der Waals surface area contributed by atoms with Crippen molar-refractivity contribution in [3.05, 3.63) is 0 Å². The topological polar surface area (TPSA) is 29.5 Å². The Morgan fingerprint density at radius 3 is 2.17 bits per heavy atom. The van der Waals surface area contributed by atoms with Crippen molar-refractivity contribution in [2.45, 2.75) is 73.6 Å². The van der Waals surface area contributed by atoms with Crippen LogP contribution in [0.4, 0.5) is 0 Å². The van der Waals surface area contributed by atoms with E-state index < -0.39 is 0 Å². The second kappa shape index (κ2) is 9.17. The Labute approximate surface area is 144 Å². The first kappa shape index (κ1) is 20.6. The number of carbonyl (C=O) groups excluding carboxylic acids is 1. The molecule has 1 fully saturated rings. The highest BCUT2D eigenvalue weighted by molar-refractivity contribution is 5.83. The van der Waals surface area contributed by atoms with Crippen LogP contribution in [0.5, 0.6) is 0 Å². The zero-order valence-electron chi connectivity index (χ0n) is 16.4. The Hall–Kier alpha value is -0.410. The summed E-state index contributed by atoms with van der Waals surface area (Å²) in [4.78, 5) is 14.3. The van der Waals surface area contributed by atoms with E-state index in [1.807, 2.05) is 20.8 Å². The van der Waals surface area contributed by atoms with Crippen LogP contribution >= 0.6 is 0 Å². The highest BCUT2D eigenvalue weighted by atomic mass is 16.5. The maximum Gasteiger partial charge on any atom is 0.138 e. The van der Waals surface area contributed by atoms with Gasteiger partial charge in [-0.1, -0.05) is 41.5 Å². The second-order valence-corrected chi connectivity index (χ2v) is 9.44. The van der Waals surface area contributed by atoms with E-state index in [9.17, 15) is 4.79 Å². The number of Topliss-reactive ketones (excluding diaryl/α,β-unsaturated/α-hetero) is 1. The average molecular weight is 326 g/mol. The van der Waals surface area contributed by atoms with E-state index in [1.165, 1.54) is 32.4 Å². The second-order valence-electron chi connectivity index (χ2n) is 9.44. The van der Waals surface area contributed by atoms with Gasteiger partial charge in [0.15, 0.2) is 0 Å². The molecule has 3 heteroatoms. The number of ketones is 1. The Morgan fingerprint density at radius 1 is 1.04 bits per heavy atom. The summed E-state index contributed by atoms with van der Waals surface area (Å²) in [6.07, 6.45) is 5.50. The van der Waals surface area contributed by atoms with Gasteiger partial charge in [0, 0.05) is 25.0 Å². The summed E-state index contributed by atoms with van der Waals surface area (Å²) in [5.41, 5.74) is 0.248. The van der Waals surface area contributed by atoms with Crippen LogP contribution in [0.2, 0.25) is 0 Å². The molecule has 0 bridgehead atoms. The fraction of sp³-hybridized carbons (Fsp3) is 0.950. The van der Waals surface area contributed by atoms with Crippen molar-refractivity contribution in [2.24, 2.45) is 16.7 Å². The van der Waals surface area contributed by atoms with E-state index in [0.717, 1.165) is 25.5 Å².